The molecule has 0 bridgehead atoms. The summed E-state index contributed by atoms with van der Waals surface area (Å²) in [4.78, 5) is 0. The first kappa shape index (κ1) is 15.7. The van der Waals surface area contributed by atoms with E-state index in [1.807, 2.05) is 0 Å². The van der Waals surface area contributed by atoms with E-state index in [-0.39, 0.29) is 0 Å². The smallest absolute Gasteiger partial charge is 0.0203 e. The minimum absolute atomic E-state index is 0.668. The predicted molar refractivity (Wildman–Crippen MR) is 94.8 cm³/mol. The van der Waals surface area contributed by atoms with Gasteiger partial charge in [-0.25, -0.2) is 0 Å². The van der Waals surface area contributed by atoms with Gasteiger partial charge in [0.2, 0.25) is 0 Å². The van der Waals surface area contributed by atoms with Crippen molar-refractivity contribution < 1.29 is 0 Å². The fourth-order valence-corrected chi connectivity index (χ4v) is 4.05. The summed E-state index contributed by atoms with van der Waals surface area (Å²) in [5.41, 5.74) is 2.91. The second kappa shape index (κ2) is 7.36. The minimum atomic E-state index is 0.668. The van der Waals surface area contributed by atoms with Gasteiger partial charge in [0.05, 0.1) is 0 Å². The average Bonchev–Trinajstić information content (AvgIpc) is 2.56. The summed E-state index contributed by atoms with van der Waals surface area (Å²) in [6.07, 6.45) is 10.7. The third-order valence-corrected chi connectivity index (χ3v) is 5.78. The molecule has 2 fully saturated rings. The highest BCUT2D eigenvalue weighted by Gasteiger charge is 2.21. The van der Waals surface area contributed by atoms with Gasteiger partial charge in [-0.3, -0.25) is 0 Å². The lowest BCUT2D eigenvalue weighted by molar-refractivity contribution is 0.336. The molecule has 0 aromatic heterocycles. The standard InChI is InChI=1S/C22H30/c1-17-3-7-19(8-4-17)9-10-20-11-15-22(16-12-20)21-13-5-18(2)6-14-21/h5-6,13-14,17,19-20,22H,3-4,7-8,11-12,15-16H2,1-2H3. The first-order valence-electron chi connectivity index (χ1n) is 9.28. The van der Waals surface area contributed by atoms with Gasteiger partial charge in [-0.05, 0) is 75.7 Å². The van der Waals surface area contributed by atoms with Gasteiger partial charge < -0.3 is 0 Å². The third-order valence-electron chi connectivity index (χ3n) is 5.78. The van der Waals surface area contributed by atoms with Crippen molar-refractivity contribution >= 4 is 0 Å². The molecule has 0 heteroatoms. The van der Waals surface area contributed by atoms with E-state index in [0.29, 0.717) is 11.8 Å². The zero-order valence-corrected chi connectivity index (χ0v) is 14.3. The van der Waals surface area contributed by atoms with E-state index in [0.717, 1.165) is 11.8 Å². The molecule has 0 atom stereocenters. The van der Waals surface area contributed by atoms with Crippen LogP contribution in [0, 0.1) is 36.5 Å². The highest BCUT2D eigenvalue weighted by Crippen LogP contribution is 2.36. The maximum Gasteiger partial charge on any atom is 0.0203 e. The molecule has 3 rings (SSSR count). The lowest BCUT2D eigenvalue weighted by Gasteiger charge is -2.26. The Labute approximate surface area is 136 Å². The van der Waals surface area contributed by atoms with Crippen LogP contribution in [0.3, 0.4) is 0 Å². The number of benzene rings is 1. The number of rotatable bonds is 1. The molecule has 22 heavy (non-hydrogen) atoms. The van der Waals surface area contributed by atoms with Gasteiger partial charge in [-0.2, -0.15) is 0 Å². The van der Waals surface area contributed by atoms with E-state index >= 15 is 0 Å². The molecule has 0 aliphatic heterocycles. The van der Waals surface area contributed by atoms with Crippen LogP contribution in [-0.2, 0) is 0 Å². The molecule has 0 unspecified atom stereocenters. The van der Waals surface area contributed by atoms with Gasteiger partial charge in [0, 0.05) is 11.8 Å². The Morgan fingerprint density at radius 3 is 1.77 bits per heavy atom. The predicted octanol–water partition coefficient (Wildman–Crippen LogP) is 6.10. The number of hydrogen-bond acceptors (Lipinski definition) is 0. The van der Waals surface area contributed by atoms with Crippen LogP contribution >= 0.6 is 0 Å². The lowest BCUT2D eigenvalue weighted by Crippen LogP contribution is -2.13. The summed E-state index contributed by atoms with van der Waals surface area (Å²) >= 11 is 0. The summed E-state index contributed by atoms with van der Waals surface area (Å²) in [6.45, 7) is 4.55. The Bertz CT molecular complexity index is 511. The monoisotopic (exact) mass is 294 g/mol. The molecule has 2 saturated carbocycles. The van der Waals surface area contributed by atoms with E-state index < -0.39 is 0 Å². The van der Waals surface area contributed by atoms with E-state index in [2.05, 4.69) is 50.0 Å². The Morgan fingerprint density at radius 2 is 1.23 bits per heavy atom. The molecule has 0 amide bonds. The molecule has 2 aliphatic rings. The quantitative estimate of drug-likeness (QED) is 0.549. The highest BCUT2D eigenvalue weighted by atomic mass is 14.3. The molecular formula is C22H30. The van der Waals surface area contributed by atoms with Crippen LogP contribution in [0.15, 0.2) is 24.3 Å². The first-order valence-corrected chi connectivity index (χ1v) is 9.28. The van der Waals surface area contributed by atoms with Crippen LogP contribution in [0.2, 0.25) is 0 Å². The molecule has 118 valence electrons. The van der Waals surface area contributed by atoms with E-state index in [1.54, 1.807) is 5.56 Å². The minimum Gasteiger partial charge on any atom is -0.0996 e. The van der Waals surface area contributed by atoms with Crippen molar-refractivity contribution in [2.24, 2.45) is 17.8 Å². The van der Waals surface area contributed by atoms with Gasteiger partial charge in [0.25, 0.3) is 0 Å². The molecule has 0 heterocycles. The summed E-state index contributed by atoms with van der Waals surface area (Å²) in [5, 5.41) is 0. The Balaban J connectivity index is 1.49. The summed E-state index contributed by atoms with van der Waals surface area (Å²) in [5.74, 6) is 10.3. The maximum atomic E-state index is 3.64. The first-order chi connectivity index (χ1) is 10.7. The van der Waals surface area contributed by atoms with Crippen molar-refractivity contribution in [1.29, 1.82) is 0 Å². The van der Waals surface area contributed by atoms with Crippen LogP contribution in [0.4, 0.5) is 0 Å². The van der Waals surface area contributed by atoms with Gasteiger partial charge in [-0.15, -0.1) is 0 Å². The molecule has 0 N–H and O–H groups in total. The maximum absolute atomic E-state index is 3.64. The normalized spacial score (nSPS) is 32.1. The van der Waals surface area contributed by atoms with E-state index in [1.165, 1.54) is 56.9 Å². The molecule has 0 radical (unpaired) electrons. The molecule has 1 aromatic rings. The summed E-state index contributed by atoms with van der Waals surface area (Å²) in [7, 11) is 0. The van der Waals surface area contributed by atoms with E-state index in [4.69, 9.17) is 0 Å². The van der Waals surface area contributed by atoms with Crippen molar-refractivity contribution in [1.82, 2.24) is 0 Å². The third kappa shape index (κ3) is 4.16. The molecular weight excluding hydrogens is 264 g/mol. The topological polar surface area (TPSA) is 0 Å². The largest absolute Gasteiger partial charge is 0.0996 e. The van der Waals surface area contributed by atoms with Crippen molar-refractivity contribution in [3.05, 3.63) is 35.4 Å². The van der Waals surface area contributed by atoms with Crippen LogP contribution < -0.4 is 0 Å². The van der Waals surface area contributed by atoms with Crippen LogP contribution in [0.5, 0.6) is 0 Å². The van der Waals surface area contributed by atoms with Crippen molar-refractivity contribution in [2.75, 3.05) is 0 Å². The molecule has 1 aromatic carbocycles. The Kier molecular flexibility index (Phi) is 5.24. The Hall–Kier alpha value is -1.22. The number of hydrogen-bond donors (Lipinski definition) is 0. The van der Waals surface area contributed by atoms with Crippen molar-refractivity contribution in [3.8, 4) is 11.8 Å². The second-order valence-corrected chi connectivity index (χ2v) is 7.70. The number of aryl methyl sites for hydroxylation is 1. The fraction of sp³-hybridized carbons (Fsp3) is 0.636. The zero-order valence-electron chi connectivity index (χ0n) is 14.3. The Morgan fingerprint density at radius 1 is 0.727 bits per heavy atom. The van der Waals surface area contributed by atoms with Gasteiger partial charge >= 0.3 is 0 Å². The van der Waals surface area contributed by atoms with Crippen molar-refractivity contribution in [2.45, 2.75) is 71.1 Å². The van der Waals surface area contributed by atoms with Crippen molar-refractivity contribution in [3.63, 3.8) is 0 Å². The fourth-order valence-electron chi connectivity index (χ4n) is 4.05. The van der Waals surface area contributed by atoms with Gasteiger partial charge in [0.15, 0.2) is 0 Å². The molecule has 0 saturated heterocycles. The van der Waals surface area contributed by atoms with Crippen LogP contribution in [-0.4, -0.2) is 0 Å². The van der Waals surface area contributed by atoms with Gasteiger partial charge in [-0.1, -0.05) is 48.6 Å². The summed E-state index contributed by atoms with van der Waals surface area (Å²) in [6, 6.07) is 9.17. The van der Waals surface area contributed by atoms with Crippen LogP contribution in [0.25, 0.3) is 0 Å². The summed E-state index contributed by atoms with van der Waals surface area (Å²) < 4.78 is 0. The molecule has 0 spiro atoms. The lowest BCUT2D eigenvalue weighted by atomic mass is 9.78. The van der Waals surface area contributed by atoms with E-state index in [9.17, 15) is 0 Å². The zero-order chi connectivity index (χ0) is 15.4. The van der Waals surface area contributed by atoms with Gasteiger partial charge in [0.1, 0.15) is 0 Å². The average molecular weight is 294 g/mol. The SMILES string of the molecule is Cc1ccc(C2CCC(C#CC3CCC(C)CC3)CC2)cc1. The van der Waals surface area contributed by atoms with Crippen LogP contribution in [0.1, 0.15) is 75.3 Å². The molecule has 2 aliphatic carbocycles. The second-order valence-electron chi connectivity index (χ2n) is 7.70. The molecule has 0 nitrogen and oxygen atoms in total. The highest BCUT2D eigenvalue weighted by molar-refractivity contribution is 5.25.